The molecule has 1 heterocycles. The van der Waals surface area contributed by atoms with E-state index in [2.05, 4.69) is 21.2 Å². The fourth-order valence-electron chi connectivity index (χ4n) is 2.22. The number of amides is 1. The Hall–Kier alpha value is -0.940. The van der Waals surface area contributed by atoms with E-state index in [0.29, 0.717) is 11.0 Å². The second-order valence-corrected chi connectivity index (χ2v) is 5.20. The van der Waals surface area contributed by atoms with Crippen LogP contribution in [0, 0.1) is 5.82 Å². The second kappa shape index (κ2) is 5.80. The summed E-state index contributed by atoms with van der Waals surface area (Å²) in [5.41, 5.74) is 0.746. The molecule has 1 unspecified atom stereocenters. The number of carbonyl (C=O) groups is 1. The average molecular weight is 315 g/mol. The van der Waals surface area contributed by atoms with E-state index in [1.807, 2.05) is 6.92 Å². The zero-order chi connectivity index (χ0) is 13.1. The molecule has 0 radical (unpaired) electrons. The van der Waals surface area contributed by atoms with Gasteiger partial charge >= 0.3 is 0 Å². The molecule has 3 nitrogen and oxygen atoms in total. The van der Waals surface area contributed by atoms with Crippen molar-refractivity contribution in [3.05, 3.63) is 28.5 Å². The quantitative estimate of drug-likeness (QED) is 0.930. The lowest BCUT2D eigenvalue weighted by molar-refractivity contribution is -0.121. The number of piperidine rings is 1. The fraction of sp³-hybridized carbons (Fsp3) is 0.462. The van der Waals surface area contributed by atoms with Crippen molar-refractivity contribution in [2.75, 3.05) is 18.0 Å². The van der Waals surface area contributed by atoms with Crippen molar-refractivity contribution in [3.63, 3.8) is 0 Å². The van der Waals surface area contributed by atoms with Crippen molar-refractivity contribution in [2.45, 2.75) is 25.8 Å². The van der Waals surface area contributed by atoms with Crippen LogP contribution in [-0.4, -0.2) is 25.0 Å². The van der Waals surface area contributed by atoms with Crippen LogP contribution in [0.2, 0.25) is 0 Å². The Morgan fingerprint density at radius 1 is 1.56 bits per heavy atom. The van der Waals surface area contributed by atoms with Gasteiger partial charge in [0.2, 0.25) is 5.91 Å². The van der Waals surface area contributed by atoms with Crippen LogP contribution in [0.4, 0.5) is 10.1 Å². The Labute approximate surface area is 114 Å². The van der Waals surface area contributed by atoms with Crippen molar-refractivity contribution in [2.24, 2.45) is 0 Å². The minimum atomic E-state index is -0.313. The summed E-state index contributed by atoms with van der Waals surface area (Å²) in [7, 11) is 0. The Morgan fingerprint density at radius 3 is 3.00 bits per heavy atom. The summed E-state index contributed by atoms with van der Waals surface area (Å²) in [6.07, 6.45) is 1.82. The summed E-state index contributed by atoms with van der Waals surface area (Å²) in [6.45, 7) is 3.46. The van der Waals surface area contributed by atoms with Gasteiger partial charge in [-0.15, -0.1) is 0 Å². The van der Waals surface area contributed by atoms with E-state index < -0.39 is 0 Å². The molecular weight excluding hydrogens is 299 g/mol. The largest absolute Gasteiger partial charge is 0.311 e. The average Bonchev–Trinajstić information content (AvgIpc) is 2.36. The lowest BCUT2D eigenvalue weighted by Gasteiger charge is -2.32. The van der Waals surface area contributed by atoms with Gasteiger partial charge in [-0.1, -0.05) is 6.92 Å². The lowest BCUT2D eigenvalue weighted by Crippen LogP contribution is -2.50. The van der Waals surface area contributed by atoms with Crippen LogP contribution in [0.15, 0.2) is 22.7 Å². The van der Waals surface area contributed by atoms with Gasteiger partial charge in [0.25, 0.3) is 0 Å². The highest BCUT2D eigenvalue weighted by Crippen LogP contribution is 2.26. The number of nitrogens with zero attached hydrogens (tertiary/aromatic N) is 1. The molecule has 5 heteroatoms. The summed E-state index contributed by atoms with van der Waals surface area (Å²) < 4.78 is 13.6. The highest BCUT2D eigenvalue weighted by atomic mass is 79.9. The standard InChI is InChI=1S/C13H16BrFN2O/c1-2-16-12-4-3-7-17(13(12)18)9-5-6-11(15)10(14)8-9/h5-6,8,12,16H,2-4,7H2,1H3. The number of carbonyl (C=O) groups excluding carboxylic acids is 1. The summed E-state index contributed by atoms with van der Waals surface area (Å²) in [5, 5.41) is 3.18. The predicted molar refractivity (Wildman–Crippen MR) is 73.2 cm³/mol. The smallest absolute Gasteiger partial charge is 0.244 e. The predicted octanol–water partition coefficient (Wildman–Crippen LogP) is 2.69. The number of benzene rings is 1. The van der Waals surface area contributed by atoms with Crippen LogP contribution >= 0.6 is 15.9 Å². The molecule has 0 spiro atoms. The summed E-state index contributed by atoms with van der Waals surface area (Å²) >= 11 is 3.15. The summed E-state index contributed by atoms with van der Waals surface area (Å²) in [4.78, 5) is 14.0. The molecule has 1 atom stereocenters. The second-order valence-electron chi connectivity index (χ2n) is 4.34. The third kappa shape index (κ3) is 2.72. The van der Waals surface area contributed by atoms with Gasteiger partial charge in [0, 0.05) is 12.2 Å². The molecule has 1 fully saturated rings. The zero-order valence-electron chi connectivity index (χ0n) is 10.2. The van der Waals surface area contributed by atoms with Gasteiger partial charge in [-0.2, -0.15) is 0 Å². The molecule has 98 valence electrons. The summed E-state index contributed by atoms with van der Waals surface area (Å²) in [6, 6.07) is 4.56. The van der Waals surface area contributed by atoms with Crippen molar-refractivity contribution in [1.82, 2.24) is 5.32 Å². The van der Waals surface area contributed by atoms with Gasteiger partial charge < -0.3 is 10.2 Å². The molecule has 2 rings (SSSR count). The normalized spacial score (nSPS) is 20.3. The van der Waals surface area contributed by atoms with Crippen molar-refractivity contribution in [3.8, 4) is 0 Å². The Balaban J connectivity index is 2.21. The molecule has 1 aliphatic rings. The van der Waals surface area contributed by atoms with Gasteiger partial charge in [-0.05, 0) is 53.5 Å². The zero-order valence-corrected chi connectivity index (χ0v) is 11.8. The Bertz CT molecular complexity index is 451. The molecule has 0 aromatic heterocycles. The van der Waals surface area contributed by atoms with E-state index >= 15 is 0 Å². The molecule has 0 saturated carbocycles. The van der Waals surface area contributed by atoms with E-state index in [-0.39, 0.29) is 17.8 Å². The molecule has 1 N–H and O–H groups in total. The SMILES string of the molecule is CCNC1CCCN(c2ccc(F)c(Br)c2)C1=O. The van der Waals surface area contributed by atoms with Crippen molar-refractivity contribution >= 4 is 27.5 Å². The number of anilines is 1. The van der Waals surface area contributed by atoms with Gasteiger partial charge in [-0.25, -0.2) is 4.39 Å². The maximum absolute atomic E-state index is 13.2. The van der Waals surface area contributed by atoms with Crippen LogP contribution in [0.1, 0.15) is 19.8 Å². The third-order valence-electron chi connectivity index (χ3n) is 3.10. The molecule has 0 bridgehead atoms. The highest BCUT2D eigenvalue weighted by Gasteiger charge is 2.29. The molecule has 1 aromatic carbocycles. The van der Waals surface area contributed by atoms with Crippen molar-refractivity contribution < 1.29 is 9.18 Å². The first-order chi connectivity index (χ1) is 8.63. The van der Waals surface area contributed by atoms with Crippen LogP contribution in [-0.2, 0) is 4.79 Å². The first-order valence-electron chi connectivity index (χ1n) is 6.13. The van der Waals surface area contributed by atoms with Crippen LogP contribution < -0.4 is 10.2 Å². The lowest BCUT2D eigenvalue weighted by atomic mass is 10.0. The maximum atomic E-state index is 13.2. The molecule has 1 saturated heterocycles. The molecule has 18 heavy (non-hydrogen) atoms. The minimum absolute atomic E-state index is 0.0709. The number of hydrogen-bond acceptors (Lipinski definition) is 2. The van der Waals surface area contributed by atoms with E-state index in [1.165, 1.54) is 6.07 Å². The van der Waals surface area contributed by atoms with E-state index in [9.17, 15) is 9.18 Å². The number of halogens is 2. The van der Waals surface area contributed by atoms with Crippen LogP contribution in [0.5, 0.6) is 0 Å². The molecule has 0 aliphatic carbocycles. The number of rotatable bonds is 3. The first kappa shape index (κ1) is 13.5. The molecule has 1 aliphatic heterocycles. The molecule has 1 amide bonds. The Morgan fingerprint density at radius 2 is 2.33 bits per heavy atom. The number of nitrogens with one attached hydrogen (secondary N) is 1. The maximum Gasteiger partial charge on any atom is 0.244 e. The number of likely N-dealkylation sites (N-methyl/N-ethyl adjacent to an activating group) is 1. The minimum Gasteiger partial charge on any atom is -0.311 e. The monoisotopic (exact) mass is 314 g/mol. The Kier molecular flexibility index (Phi) is 4.35. The van der Waals surface area contributed by atoms with E-state index in [0.717, 1.165) is 25.1 Å². The molecular formula is C13H16BrFN2O. The third-order valence-corrected chi connectivity index (χ3v) is 3.71. The molecule has 1 aromatic rings. The van der Waals surface area contributed by atoms with Gasteiger partial charge in [-0.3, -0.25) is 4.79 Å². The van der Waals surface area contributed by atoms with Gasteiger partial charge in [0.05, 0.1) is 10.5 Å². The first-order valence-corrected chi connectivity index (χ1v) is 6.92. The van der Waals surface area contributed by atoms with E-state index in [1.54, 1.807) is 17.0 Å². The van der Waals surface area contributed by atoms with Crippen molar-refractivity contribution in [1.29, 1.82) is 0 Å². The highest BCUT2D eigenvalue weighted by molar-refractivity contribution is 9.10. The van der Waals surface area contributed by atoms with E-state index in [4.69, 9.17) is 0 Å². The van der Waals surface area contributed by atoms with Gasteiger partial charge in [0.15, 0.2) is 0 Å². The number of hydrogen-bond donors (Lipinski definition) is 1. The van der Waals surface area contributed by atoms with Gasteiger partial charge in [0.1, 0.15) is 5.82 Å². The van der Waals surface area contributed by atoms with Crippen LogP contribution in [0.3, 0.4) is 0 Å². The van der Waals surface area contributed by atoms with Crippen LogP contribution in [0.25, 0.3) is 0 Å². The topological polar surface area (TPSA) is 32.3 Å². The fourth-order valence-corrected chi connectivity index (χ4v) is 2.59. The summed E-state index contributed by atoms with van der Waals surface area (Å²) in [5.74, 6) is -0.243.